The maximum Gasteiger partial charge on any atom is 0.115 e. The highest BCUT2D eigenvalue weighted by Crippen LogP contribution is 2.35. The van der Waals surface area contributed by atoms with Crippen LogP contribution in [0.15, 0.2) is 43.0 Å². The third kappa shape index (κ3) is 2.17. The van der Waals surface area contributed by atoms with Gasteiger partial charge in [-0.1, -0.05) is 29.8 Å². The molecule has 3 aromatic rings. The number of thiophene rings is 1. The first-order valence-corrected chi connectivity index (χ1v) is 6.69. The molecule has 0 spiro atoms. The lowest BCUT2D eigenvalue weighted by Crippen LogP contribution is -1.98. The molecule has 2 aromatic heterocycles. The van der Waals surface area contributed by atoms with Crippen LogP contribution in [-0.4, -0.2) is 9.97 Å². The molecule has 0 aliphatic rings. The summed E-state index contributed by atoms with van der Waals surface area (Å²) in [6.07, 6.45) is 5.00. The topological polar surface area (TPSA) is 37.8 Å². The van der Waals surface area contributed by atoms with Crippen molar-refractivity contribution < 1.29 is 0 Å². The summed E-state index contributed by atoms with van der Waals surface area (Å²) >= 11 is 8.07. The Hall–Kier alpha value is -1.65. The largest absolute Gasteiger partial charge is 0.378 e. The number of hydrogen-bond acceptors (Lipinski definition) is 4. The van der Waals surface area contributed by atoms with Crippen molar-refractivity contribution in [3.05, 3.63) is 52.9 Å². The van der Waals surface area contributed by atoms with Crippen molar-refractivity contribution in [2.45, 2.75) is 6.54 Å². The van der Waals surface area contributed by atoms with Gasteiger partial charge >= 0.3 is 0 Å². The Balaban J connectivity index is 1.85. The molecule has 0 aliphatic heterocycles. The summed E-state index contributed by atoms with van der Waals surface area (Å²) < 4.78 is 1.21. The SMILES string of the molecule is Clc1c(CNc2cncnc2)sc2ccccc12. The first-order chi connectivity index (χ1) is 8.84. The van der Waals surface area contributed by atoms with E-state index in [0.717, 1.165) is 21.0 Å². The Morgan fingerprint density at radius 3 is 2.72 bits per heavy atom. The number of anilines is 1. The molecule has 3 nitrogen and oxygen atoms in total. The Labute approximate surface area is 113 Å². The predicted molar refractivity (Wildman–Crippen MR) is 76.2 cm³/mol. The lowest BCUT2D eigenvalue weighted by atomic mass is 10.2. The number of fused-ring (bicyclic) bond motifs is 1. The lowest BCUT2D eigenvalue weighted by molar-refractivity contribution is 1.12. The highest BCUT2D eigenvalue weighted by molar-refractivity contribution is 7.19. The molecule has 3 rings (SSSR count). The van der Waals surface area contributed by atoms with Gasteiger partial charge in [0.2, 0.25) is 0 Å². The average molecular weight is 276 g/mol. The van der Waals surface area contributed by atoms with Crippen molar-refractivity contribution in [3.8, 4) is 0 Å². The minimum Gasteiger partial charge on any atom is -0.378 e. The molecule has 5 heteroatoms. The molecule has 0 bridgehead atoms. The fourth-order valence-electron chi connectivity index (χ4n) is 1.75. The van der Waals surface area contributed by atoms with Crippen LogP contribution in [0, 0.1) is 0 Å². The summed E-state index contributed by atoms with van der Waals surface area (Å²) in [6, 6.07) is 8.16. The van der Waals surface area contributed by atoms with Gasteiger partial charge in [-0.2, -0.15) is 0 Å². The van der Waals surface area contributed by atoms with E-state index in [4.69, 9.17) is 11.6 Å². The number of nitrogens with one attached hydrogen (secondary N) is 1. The Morgan fingerprint density at radius 2 is 1.94 bits per heavy atom. The summed E-state index contributed by atoms with van der Waals surface area (Å²) in [4.78, 5) is 9.04. The first kappa shape index (κ1) is 11.4. The minimum absolute atomic E-state index is 0.686. The monoisotopic (exact) mass is 275 g/mol. The van der Waals surface area contributed by atoms with Crippen molar-refractivity contribution in [2.24, 2.45) is 0 Å². The molecule has 0 unspecified atom stereocenters. The van der Waals surface area contributed by atoms with Gasteiger partial charge in [0.05, 0.1) is 29.6 Å². The van der Waals surface area contributed by atoms with E-state index in [9.17, 15) is 0 Å². The summed E-state index contributed by atoms with van der Waals surface area (Å²) in [5.74, 6) is 0. The van der Waals surface area contributed by atoms with Crippen LogP contribution in [0.3, 0.4) is 0 Å². The number of halogens is 1. The van der Waals surface area contributed by atoms with E-state index in [1.165, 1.54) is 11.0 Å². The molecule has 90 valence electrons. The number of rotatable bonds is 3. The van der Waals surface area contributed by atoms with Crippen LogP contribution in [0.1, 0.15) is 4.88 Å². The van der Waals surface area contributed by atoms with E-state index in [1.807, 2.05) is 18.2 Å². The Kier molecular flexibility index (Phi) is 3.13. The third-order valence-electron chi connectivity index (χ3n) is 2.62. The van der Waals surface area contributed by atoms with E-state index >= 15 is 0 Å². The molecule has 0 radical (unpaired) electrons. The van der Waals surface area contributed by atoms with E-state index in [2.05, 4.69) is 21.4 Å². The van der Waals surface area contributed by atoms with Gasteiger partial charge in [-0.05, 0) is 6.07 Å². The Morgan fingerprint density at radius 1 is 1.17 bits per heavy atom. The second-order valence-electron chi connectivity index (χ2n) is 3.82. The maximum absolute atomic E-state index is 6.36. The van der Waals surface area contributed by atoms with Crippen molar-refractivity contribution in [3.63, 3.8) is 0 Å². The molecule has 0 aliphatic carbocycles. The summed E-state index contributed by atoms with van der Waals surface area (Å²) in [7, 11) is 0. The van der Waals surface area contributed by atoms with Crippen LogP contribution in [0.5, 0.6) is 0 Å². The van der Waals surface area contributed by atoms with Gasteiger partial charge in [0, 0.05) is 15.0 Å². The molecular weight excluding hydrogens is 266 g/mol. The first-order valence-electron chi connectivity index (χ1n) is 5.49. The molecule has 1 N–H and O–H groups in total. The van der Waals surface area contributed by atoms with Crippen LogP contribution in [-0.2, 0) is 6.54 Å². The van der Waals surface area contributed by atoms with Gasteiger partial charge in [0.15, 0.2) is 0 Å². The summed E-state index contributed by atoms with van der Waals surface area (Å²) in [5.41, 5.74) is 0.894. The third-order valence-corrected chi connectivity index (χ3v) is 4.33. The van der Waals surface area contributed by atoms with Gasteiger partial charge in [0.1, 0.15) is 6.33 Å². The molecule has 2 heterocycles. The molecule has 0 atom stereocenters. The van der Waals surface area contributed by atoms with Crippen LogP contribution in [0.25, 0.3) is 10.1 Å². The van der Waals surface area contributed by atoms with Crippen LogP contribution in [0.2, 0.25) is 5.02 Å². The fourth-order valence-corrected chi connectivity index (χ4v) is 3.19. The molecule has 0 saturated carbocycles. The van der Waals surface area contributed by atoms with Crippen LogP contribution in [0.4, 0.5) is 5.69 Å². The van der Waals surface area contributed by atoms with Gasteiger partial charge in [0.25, 0.3) is 0 Å². The van der Waals surface area contributed by atoms with Crippen molar-refractivity contribution in [1.82, 2.24) is 9.97 Å². The molecule has 18 heavy (non-hydrogen) atoms. The summed E-state index contributed by atoms with van der Waals surface area (Å²) in [6.45, 7) is 0.686. The highest BCUT2D eigenvalue weighted by Gasteiger charge is 2.09. The fraction of sp³-hybridized carbons (Fsp3) is 0.0769. The zero-order valence-corrected chi connectivity index (χ0v) is 11.0. The number of hydrogen-bond donors (Lipinski definition) is 1. The summed E-state index contributed by atoms with van der Waals surface area (Å²) in [5, 5.41) is 5.21. The maximum atomic E-state index is 6.36. The normalized spacial score (nSPS) is 10.7. The average Bonchev–Trinajstić information content (AvgIpc) is 2.75. The predicted octanol–water partition coefficient (Wildman–Crippen LogP) is 3.96. The second-order valence-corrected chi connectivity index (χ2v) is 5.33. The zero-order chi connectivity index (χ0) is 12.4. The number of nitrogens with zero attached hydrogens (tertiary/aromatic N) is 2. The highest BCUT2D eigenvalue weighted by atomic mass is 35.5. The quantitative estimate of drug-likeness (QED) is 0.786. The second kappa shape index (κ2) is 4.92. The van der Waals surface area contributed by atoms with Gasteiger partial charge in [-0.15, -0.1) is 11.3 Å². The van der Waals surface area contributed by atoms with Crippen LogP contribution < -0.4 is 5.32 Å². The van der Waals surface area contributed by atoms with Gasteiger partial charge in [-0.25, -0.2) is 9.97 Å². The van der Waals surface area contributed by atoms with Crippen molar-refractivity contribution in [2.75, 3.05) is 5.32 Å². The van der Waals surface area contributed by atoms with E-state index in [1.54, 1.807) is 23.7 Å². The minimum atomic E-state index is 0.686. The molecular formula is C13H10ClN3S. The molecule has 0 fully saturated rings. The van der Waals surface area contributed by atoms with E-state index < -0.39 is 0 Å². The van der Waals surface area contributed by atoms with Crippen molar-refractivity contribution in [1.29, 1.82) is 0 Å². The van der Waals surface area contributed by atoms with E-state index in [0.29, 0.717) is 6.54 Å². The zero-order valence-electron chi connectivity index (χ0n) is 9.43. The van der Waals surface area contributed by atoms with Gasteiger partial charge < -0.3 is 5.32 Å². The molecule has 1 aromatic carbocycles. The number of aromatic nitrogens is 2. The number of benzene rings is 1. The van der Waals surface area contributed by atoms with Crippen molar-refractivity contribution >= 4 is 38.7 Å². The molecule has 0 amide bonds. The lowest BCUT2D eigenvalue weighted by Gasteiger charge is -2.03. The Bertz CT molecular complexity index is 666. The standard InChI is InChI=1S/C13H10ClN3S/c14-13-10-3-1-2-4-11(10)18-12(13)7-17-9-5-15-8-16-6-9/h1-6,8,17H,7H2. The van der Waals surface area contributed by atoms with Crippen LogP contribution >= 0.6 is 22.9 Å². The molecule has 0 saturated heterocycles. The van der Waals surface area contributed by atoms with E-state index in [-0.39, 0.29) is 0 Å². The van der Waals surface area contributed by atoms with Gasteiger partial charge in [-0.3, -0.25) is 0 Å². The smallest absolute Gasteiger partial charge is 0.115 e.